The molecule has 6 nitrogen and oxygen atoms in total. The number of amides is 1. The summed E-state index contributed by atoms with van der Waals surface area (Å²) >= 11 is 1.66. The van der Waals surface area contributed by atoms with Gasteiger partial charge in [0.25, 0.3) is 5.56 Å². The van der Waals surface area contributed by atoms with Crippen LogP contribution in [0.4, 0.5) is 0 Å². The fourth-order valence-electron chi connectivity index (χ4n) is 4.11. The summed E-state index contributed by atoms with van der Waals surface area (Å²) in [4.78, 5) is 33.9. The number of hydrogen-bond acceptors (Lipinski definition) is 5. The molecule has 2 aliphatic rings. The molecule has 1 unspecified atom stereocenters. The summed E-state index contributed by atoms with van der Waals surface area (Å²) < 4.78 is 1.61. The first-order valence-electron chi connectivity index (χ1n) is 9.18. The Kier molecular flexibility index (Phi) is 5.99. The molecule has 8 heteroatoms. The van der Waals surface area contributed by atoms with E-state index in [-0.39, 0.29) is 29.9 Å². The van der Waals surface area contributed by atoms with E-state index < -0.39 is 0 Å². The van der Waals surface area contributed by atoms with E-state index in [1.54, 1.807) is 22.2 Å². The summed E-state index contributed by atoms with van der Waals surface area (Å²) in [7, 11) is 0. The topological polar surface area (TPSA) is 81.2 Å². The Bertz CT molecular complexity index is 863. The van der Waals surface area contributed by atoms with Gasteiger partial charge in [0.2, 0.25) is 5.91 Å². The van der Waals surface area contributed by atoms with Crippen molar-refractivity contribution in [1.82, 2.24) is 14.5 Å². The van der Waals surface area contributed by atoms with Gasteiger partial charge in [0.05, 0.1) is 11.7 Å². The predicted molar refractivity (Wildman–Crippen MR) is 106 cm³/mol. The Morgan fingerprint density at radius 2 is 2.12 bits per heavy atom. The summed E-state index contributed by atoms with van der Waals surface area (Å²) in [6, 6.07) is 0.161. The van der Waals surface area contributed by atoms with E-state index in [4.69, 9.17) is 5.73 Å². The molecule has 2 aromatic rings. The number of thiophene rings is 1. The highest BCUT2D eigenvalue weighted by Crippen LogP contribution is 2.33. The molecule has 0 saturated carbocycles. The van der Waals surface area contributed by atoms with Crippen LogP contribution in [0.3, 0.4) is 0 Å². The third-order valence-electron chi connectivity index (χ3n) is 5.48. The SMILES string of the molecule is Cl.NCC1CCCN1C(=O)CCn1cnc2sc3c(c2c1=O)CCCC3. The Hall–Kier alpha value is -1.44. The second-order valence-electron chi connectivity index (χ2n) is 7.00. The van der Waals surface area contributed by atoms with Gasteiger partial charge in [-0.25, -0.2) is 4.98 Å². The van der Waals surface area contributed by atoms with Crippen LogP contribution < -0.4 is 11.3 Å². The number of fused-ring (bicyclic) bond motifs is 3. The lowest BCUT2D eigenvalue weighted by Crippen LogP contribution is -2.40. The number of halogens is 1. The van der Waals surface area contributed by atoms with Crippen molar-refractivity contribution in [3.8, 4) is 0 Å². The van der Waals surface area contributed by atoms with Crippen molar-refractivity contribution in [1.29, 1.82) is 0 Å². The van der Waals surface area contributed by atoms with Gasteiger partial charge in [0.1, 0.15) is 4.83 Å². The second kappa shape index (κ2) is 8.06. The van der Waals surface area contributed by atoms with Crippen LogP contribution in [-0.4, -0.2) is 39.5 Å². The first-order valence-corrected chi connectivity index (χ1v) is 10.00. The molecule has 0 aromatic carbocycles. The summed E-state index contributed by atoms with van der Waals surface area (Å²) in [6.07, 6.45) is 8.30. The molecule has 1 amide bonds. The zero-order valence-electron chi connectivity index (χ0n) is 14.8. The van der Waals surface area contributed by atoms with Gasteiger partial charge in [-0.3, -0.25) is 14.2 Å². The van der Waals surface area contributed by atoms with E-state index >= 15 is 0 Å². The smallest absolute Gasteiger partial charge is 0.262 e. The molecule has 1 aliphatic carbocycles. The summed E-state index contributed by atoms with van der Waals surface area (Å²) in [5.41, 5.74) is 6.96. The zero-order valence-corrected chi connectivity index (χ0v) is 16.4. The number of nitrogens with zero attached hydrogens (tertiary/aromatic N) is 3. The lowest BCUT2D eigenvalue weighted by Gasteiger charge is -2.23. The van der Waals surface area contributed by atoms with Crippen molar-refractivity contribution in [2.45, 2.75) is 57.5 Å². The highest BCUT2D eigenvalue weighted by atomic mass is 35.5. The summed E-state index contributed by atoms with van der Waals surface area (Å²) in [6.45, 7) is 1.68. The number of aryl methyl sites for hydroxylation is 3. The number of hydrogen-bond donors (Lipinski definition) is 1. The van der Waals surface area contributed by atoms with E-state index in [0.29, 0.717) is 19.5 Å². The van der Waals surface area contributed by atoms with E-state index in [2.05, 4.69) is 4.98 Å². The second-order valence-corrected chi connectivity index (χ2v) is 8.09. The van der Waals surface area contributed by atoms with Gasteiger partial charge in [-0.1, -0.05) is 0 Å². The van der Waals surface area contributed by atoms with Crippen molar-refractivity contribution >= 4 is 39.9 Å². The molecular formula is C18H25ClN4O2S. The van der Waals surface area contributed by atoms with Crippen LogP contribution >= 0.6 is 23.7 Å². The van der Waals surface area contributed by atoms with E-state index in [1.807, 2.05) is 4.90 Å². The number of likely N-dealkylation sites (tertiary alicyclic amines) is 1. The third kappa shape index (κ3) is 3.40. The Morgan fingerprint density at radius 1 is 1.31 bits per heavy atom. The van der Waals surface area contributed by atoms with Crippen LogP contribution in [0.15, 0.2) is 11.1 Å². The Labute approximate surface area is 162 Å². The monoisotopic (exact) mass is 396 g/mol. The van der Waals surface area contributed by atoms with Crippen LogP contribution in [0.1, 0.15) is 42.5 Å². The molecule has 1 fully saturated rings. The Morgan fingerprint density at radius 3 is 2.92 bits per heavy atom. The van der Waals surface area contributed by atoms with Crippen LogP contribution in [0.25, 0.3) is 10.2 Å². The maximum atomic E-state index is 12.9. The highest BCUT2D eigenvalue weighted by Gasteiger charge is 2.27. The predicted octanol–water partition coefficient (Wildman–Crippen LogP) is 2.10. The summed E-state index contributed by atoms with van der Waals surface area (Å²) in [5.74, 6) is 0.0901. The maximum Gasteiger partial charge on any atom is 0.262 e. The normalized spacial score (nSPS) is 19.4. The maximum absolute atomic E-state index is 12.9. The third-order valence-corrected chi connectivity index (χ3v) is 6.68. The average Bonchev–Trinajstić information content (AvgIpc) is 3.25. The van der Waals surface area contributed by atoms with Crippen molar-refractivity contribution in [2.24, 2.45) is 5.73 Å². The van der Waals surface area contributed by atoms with Gasteiger partial charge in [0, 0.05) is 37.0 Å². The largest absolute Gasteiger partial charge is 0.338 e. The lowest BCUT2D eigenvalue weighted by atomic mass is 9.97. The lowest BCUT2D eigenvalue weighted by molar-refractivity contribution is -0.132. The van der Waals surface area contributed by atoms with Crippen LogP contribution in [0.5, 0.6) is 0 Å². The fourth-order valence-corrected chi connectivity index (χ4v) is 5.33. The average molecular weight is 397 g/mol. The molecule has 2 N–H and O–H groups in total. The van der Waals surface area contributed by atoms with Gasteiger partial charge in [-0.15, -0.1) is 23.7 Å². The molecule has 26 heavy (non-hydrogen) atoms. The number of aromatic nitrogens is 2. The molecule has 0 spiro atoms. The van der Waals surface area contributed by atoms with Gasteiger partial charge in [-0.05, 0) is 44.1 Å². The van der Waals surface area contributed by atoms with E-state index in [9.17, 15) is 9.59 Å². The van der Waals surface area contributed by atoms with Crippen molar-refractivity contribution in [2.75, 3.05) is 13.1 Å². The van der Waals surface area contributed by atoms with Gasteiger partial charge in [0.15, 0.2) is 0 Å². The molecule has 2 aromatic heterocycles. The first kappa shape index (κ1) is 19.3. The van der Waals surface area contributed by atoms with Crippen molar-refractivity contribution < 1.29 is 4.79 Å². The molecule has 4 rings (SSSR count). The molecule has 1 atom stereocenters. The molecule has 142 valence electrons. The minimum Gasteiger partial charge on any atom is -0.338 e. The minimum atomic E-state index is 0. The standard InChI is InChI=1S/C18H24N4O2S.ClH/c19-10-12-4-3-8-22(12)15(23)7-9-21-11-20-17-16(18(21)24)13-5-1-2-6-14(13)25-17;/h11-12H,1-10,19H2;1H. The molecule has 0 bridgehead atoms. The van der Waals surface area contributed by atoms with Crippen LogP contribution in [0.2, 0.25) is 0 Å². The van der Waals surface area contributed by atoms with Crippen molar-refractivity contribution in [3.05, 3.63) is 27.1 Å². The van der Waals surface area contributed by atoms with Gasteiger partial charge >= 0.3 is 0 Å². The quantitative estimate of drug-likeness (QED) is 0.858. The van der Waals surface area contributed by atoms with Crippen LogP contribution in [0, 0.1) is 0 Å². The van der Waals surface area contributed by atoms with E-state index in [0.717, 1.165) is 48.9 Å². The zero-order chi connectivity index (χ0) is 17.4. The van der Waals surface area contributed by atoms with Crippen molar-refractivity contribution in [3.63, 3.8) is 0 Å². The minimum absolute atomic E-state index is 0. The highest BCUT2D eigenvalue weighted by molar-refractivity contribution is 7.18. The number of carbonyl (C=O) groups is 1. The fraction of sp³-hybridized carbons (Fsp3) is 0.611. The molecular weight excluding hydrogens is 372 g/mol. The number of rotatable bonds is 4. The van der Waals surface area contributed by atoms with E-state index in [1.165, 1.54) is 16.9 Å². The number of carbonyl (C=O) groups excluding carboxylic acids is 1. The van der Waals surface area contributed by atoms with Gasteiger partial charge in [-0.2, -0.15) is 0 Å². The summed E-state index contributed by atoms with van der Waals surface area (Å²) in [5, 5.41) is 0.788. The molecule has 3 heterocycles. The van der Waals surface area contributed by atoms with Crippen LogP contribution in [-0.2, 0) is 24.2 Å². The molecule has 1 aliphatic heterocycles. The first-order chi connectivity index (χ1) is 12.2. The molecule has 0 radical (unpaired) electrons. The number of nitrogens with two attached hydrogens (primary N) is 1. The van der Waals surface area contributed by atoms with Gasteiger partial charge < -0.3 is 10.6 Å². The Balaban J connectivity index is 0.00000196. The molecule has 1 saturated heterocycles.